The van der Waals surface area contributed by atoms with Gasteiger partial charge < -0.3 is 20.1 Å². The molecule has 0 fully saturated rings. The van der Waals surface area contributed by atoms with E-state index >= 15 is 0 Å². The smallest absolute Gasteiger partial charge is 0.457 e. The van der Waals surface area contributed by atoms with Crippen LogP contribution < -0.4 is 5.73 Å². The second kappa shape index (κ2) is 41.9. The first-order valence-electron chi connectivity index (χ1n) is 22.0. The van der Waals surface area contributed by atoms with Crippen molar-refractivity contribution in [2.24, 2.45) is 5.73 Å². The normalized spacial score (nSPS) is 13.8. The molecule has 0 radical (unpaired) electrons. The van der Waals surface area contributed by atoms with Crippen LogP contribution in [0.5, 0.6) is 0 Å². The van der Waals surface area contributed by atoms with E-state index in [4.69, 9.17) is 24.3 Å². The van der Waals surface area contributed by atoms with Crippen molar-refractivity contribution in [2.45, 2.75) is 206 Å². The van der Waals surface area contributed by atoms with Crippen LogP contribution in [-0.4, -0.2) is 49.9 Å². The minimum atomic E-state index is -4.28. The van der Waals surface area contributed by atoms with Crippen molar-refractivity contribution >= 4 is 13.8 Å². The number of rotatable bonds is 42. The molecule has 3 N–H and O–H groups in total. The van der Waals surface area contributed by atoms with Crippen molar-refractivity contribution in [3.8, 4) is 0 Å². The molecular weight excluding hydrogens is 685 g/mol. The van der Waals surface area contributed by atoms with Crippen LogP contribution in [0.4, 0.5) is 0 Å². The highest BCUT2D eigenvalue weighted by Gasteiger charge is 2.25. The van der Waals surface area contributed by atoms with Gasteiger partial charge in [-0.3, -0.25) is 13.8 Å². The van der Waals surface area contributed by atoms with Gasteiger partial charge in [0.25, 0.3) is 0 Å². The maximum Gasteiger partial charge on any atom is 0.472 e. The summed E-state index contributed by atoms with van der Waals surface area (Å²) in [5.74, 6) is -0.333. The third-order valence-corrected chi connectivity index (χ3v) is 10.3. The third-order valence-electron chi connectivity index (χ3n) is 9.32. The summed E-state index contributed by atoms with van der Waals surface area (Å²) in [6, 6.07) is 0. The van der Waals surface area contributed by atoms with Gasteiger partial charge in [-0.05, 0) is 44.9 Å². The average molecular weight is 770 g/mol. The summed E-state index contributed by atoms with van der Waals surface area (Å²) in [5.41, 5.74) is 5.37. The number of esters is 1. The Hall–Kier alpha value is -1.28. The second-order valence-corrected chi connectivity index (χ2v) is 16.0. The average Bonchev–Trinajstić information content (AvgIpc) is 3.15. The Kier molecular flexibility index (Phi) is 40.9. The van der Waals surface area contributed by atoms with Crippen molar-refractivity contribution in [1.29, 1.82) is 0 Å². The molecule has 0 spiro atoms. The Bertz CT molecular complexity index is 910. The molecule has 53 heavy (non-hydrogen) atoms. The molecule has 2 unspecified atom stereocenters. The number of nitrogens with two attached hydrogens (primary N) is 1. The van der Waals surface area contributed by atoms with E-state index in [0.717, 1.165) is 64.2 Å². The number of carbonyl (C=O) groups excluding carboxylic acids is 1. The maximum absolute atomic E-state index is 12.6. The standard InChI is InChI=1S/C44H84NO7P/c1-3-5-7-9-11-13-15-17-19-21-22-23-25-27-29-31-33-35-37-44(46)52-43(42-51-53(47,48)50-40-38-45)41-49-39-36-34-32-30-28-26-24-20-18-16-14-12-10-8-6-4-2/h6,8,12,14,18,20,43H,3-5,7,9-11,13,15-17,19,21-42,45H2,1-2H3,(H,47,48)/b8-6-,14-12-,20-18-. The Morgan fingerprint density at radius 3 is 1.58 bits per heavy atom. The zero-order chi connectivity index (χ0) is 38.8. The van der Waals surface area contributed by atoms with E-state index in [9.17, 15) is 14.3 Å². The lowest BCUT2D eigenvalue weighted by Crippen LogP contribution is -2.28. The quantitative estimate of drug-likeness (QED) is 0.0273. The topological polar surface area (TPSA) is 117 Å². The van der Waals surface area contributed by atoms with E-state index in [2.05, 4.69) is 50.3 Å². The molecule has 8 nitrogen and oxygen atoms in total. The molecule has 2 atom stereocenters. The van der Waals surface area contributed by atoms with Gasteiger partial charge in [0, 0.05) is 19.6 Å². The van der Waals surface area contributed by atoms with Crippen LogP contribution in [0.1, 0.15) is 200 Å². The highest BCUT2D eigenvalue weighted by atomic mass is 31.2. The van der Waals surface area contributed by atoms with Gasteiger partial charge in [0.15, 0.2) is 0 Å². The van der Waals surface area contributed by atoms with Crippen molar-refractivity contribution in [2.75, 3.05) is 33.0 Å². The summed E-state index contributed by atoms with van der Waals surface area (Å²) in [7, 11) is -4.28. The van der Waals surface area contributed by atoms with Gasteiger partial charge in [-0.25, -0.2) is 4.57 Å². The molecule has 9 heteroatoms. The number of phosphoric ester groups is 1. The minimum Gasteiger partial charge on any atom is -0.457 e. The van der Waals surface area contributed by atoms with Crippen LogP contribution in [-0.2, 0) is 27.9 Å². The largest absolute Gasteiger partial charge is 0.472 e. The summed E-state index contributed by atoms with van der Waals surface area (Å²) in [5, 5.41) is 0. The van der Waals surface area contributed by atoms with E-state index in [1.54, 1.807) is 0 Å². The molecule has 0 saturated carbocycles. The molecule has 0 heterocycles. The molecular formula is C44H84NO7P. The molecule has 0 aromatic rings. The lowest BCUT2D eigenvalue weighted by Gasteiger charge is -2.20. The molecule has 0 bridgehead atoms. The lowest BCUT2D eigenvalue weighted by atomic mass is 10.0. The van der Waals surface area contributed by atoms with Crippen LogP contribution >= 0.6 is 7.82 Å². The maximum atomic E-state index is 12.6. The highest BCUT2D eigenvalue weighted by Crippen LogP contribution is 2.43. The van der Waals surface area contributed by atoms with Gasteiger partial charge in [-0.2, -0.15) is 0 Å². The van der Waals surface area contributed by atoms with Gasteiger partial charge in [0.2, 0.25) is 0 Å². The summed E-state index contributed by atoms with van der Waals surface area (Å²) < 4.78 is 33.4. The SMILES string of the molecule is CC/C=C\C/C=C\C/C=C\CCCCCCCCOCC(COP(=O)(O)OCCN)OC(=O)CCCCCCCCCCCCCCCCCCCC. The second-order valence-electron chi connectivity index (χ2n) is 14.5. The molecule has 0 aliphatic rings. The Balaban J connectivity index is 4.01. The Labute approximate surface area is 327 Å². The summed E-state index contributed by atoms with van der Waals surface area (Å²) in [6.45, 7) is 4.81. The molecule has 0 aromatic heterocycles. The van der Waals surface area contributed by atoms with Crippen LogP contribution in [0, 0.1) is 0 Å². The summed E-state index contributed by atoms with van der Waals surface area (Å²) in [6.07, 6.45) is 47.3. The molecule has 0 aliphatic carbocycles. The monoisotopic (exact) mass is 770 g/mol. The molecule has 0 amide bonds. The fourth-order valence-electron chi connectivity index (χ4n) is 6.13. The zero-order valence-electron chi connectivity index (χ0n) is 34.5. The molecule has 312 valence electrons. The highest BCUT2D eigenvalue weighted by molar-refractivity contribution is 7.47. The number of hydrogen-bond acceptors (Lipinski definition) is 7. The van der Waals surface area contributed by atoms with Gasteiger partial charge in [0.05, 0.1) is 19.8 Å². The first-order valence-corrected chi connectivity index (χ1v) is 23.5. The van der Waals surface area contributed by atoms with Crippen LogP contribution in [0.2, 0.25) is 0 Å². The van der Waals surface area contributed by atoms with Gasteiger partial charge >= 0.3 is 13.8 Å². The van der Waals surface area contributed by atoms with Crippen molar-refractivity contribution < 1.29 is 32.8 Å². The van der Waals surface area contributed by atoms with E-state index in [1.165, 1.54) is 116 Å². The molecule has 0 aliphatic heterocycles. The van der Waals surface area contributed by atoms with Crippen LogP contribution in [0.3, 0.4) is 0 Å². The predicted molar refractivity (Wildman–Crippen MR) is 224 cm³/mol. The van der Waals surface area contributed by atoms with E-state index < -0.39 is 13.9 Å². The molecule has 0 aromatic carbocycles. The number of phosphoric acid groups is 1. The Morgan fingerprint density at radius 2 is 1.06 bits per heavy atom. The van der Waals surface area contributed by atoms with Gasteiger partial charge in [-0.1, -0.05) is 185 Å². The van der Waals surface area contributed by atoms with Crippen molar-refractivity contribution in [3.05, 3.63) is 36.5 Å². The van der Waals surface area contributed by atoms with Gasteiger partial charge in [-0.15, -0.1) is 0 Å². The number of hydrogen-bond donors (Lipinski definition) is 2. The first-order chi connectivity index (χ1) is 25.9. The molecule has 0 rings (SSSR count). The minimum absolute atomic E-state index is 0.0974. The fourth-order valence-corrected chi connectivity index (χ4v) is 6.89. The van der Waals surface area contributed by atoms with Crippen molar-refractivity contribution in [3.63, 3.8) is 0 Å². The fraction of sp³-hybridized carbons (Fsp3) is 0.841. The number of ether oxygens (including phenoxy) is 2. The predicted octanol–water partition coefficient (Wildman–Crippen LogP) is 13.0. The Morgan fingerprint density at radius 1 is 0.585 bits per heavy atom. The van der Waals surface area contributed by atoms with Crippen LogP contribution in [0.15, 0.2) is 36.5 Å². The van der Waals surface area contributed by atoms with Crippen molar-refractivity contribution in [1.82, 2.24) is 0 Å². The first kappa shape index (κ1) is 51.7. The van der Waals surface area contributed by atoms with Gasteiger partial charge in [0.1, 0.15) is 6.10 Å². The third kappa shape index (κ3) is 41.7. The lowest BCUT2D eigenvalue weighted by molar-refractivity contribution is -0.154. The number of unbranched alkanes of at least 4 members (excludes halogenated alkanes) is 23. The number of carbonyl (C=O) groups is 1. The summed E-state index contributed by atoms with van der Waals surface area (Å²) in [4.78, 5) is 22.5. The van der Waals surface area contributed by atoms with E-state index in [0.29, 0.717) is 13.0 Å². The number of allylic oxidation sites excluding steroid dienone is 6. The van der Waals surface area contributed by atoms with E-state index in [1.807, 2.05) is 0 Å². The molecule has 0 saturated heterocycles. The van der Waals surface area contributed by atoms with Crippen LogP contribution in [0.25, 0.3) is 0 Å². The van der Waals surface area contributed by atoms with E-state index in [-0.39, 0.29) is 32.3 Å². The zero-order valence-corrected chi connectivity index (χ0v) is 35.4. The summed E-state index contributed by atoms with van der Waals surface area (Å²) >= 11 is 0.